The zero-order valence-corrected chi connectivity index (χ0v) is 19.7. The van der Waals surface area contributed by atoms with Crippen molar-refractivity contribution in [1.82, 2.24) is 4.57 Å². The summed E-state index contributed by atoms with van der Waals surface area (Å²) in [6, 6.07) is 8.67. The first-order valence-electron chi connectivity index (χ1n) is 10.8. The standard InChI is InChI=1S/C24H26ClFN2O3S/c1-3-9-28-15-23(32(30,31)18-6-4-5-17(25)12-18)24(29)19-13-20(26)22(14-21(19)28)27-10-7-16(2)8-11-27/h4-6,12-16H,3,7-11H2,1-2H3. The number of hydrogen-bond acceptors (Lipinski definition) is 4. The predicted octanol–water partition coefficient (Wildman–Crippen LogP) is 5.27. The van der Waals surface area contributed by atoms with E-state index in [0.29, 0.717) is 23.7 Å². The number of aromatic nitrogens is 1. The third-order valence-corrected chi connectivity index (χ3v) is 8.08. The van der Waals surface area contributed by atoms with E-state index in [1.54, 1.807) is 16.7 Å². The van der Waals surface area contributed by atoms with Gasteiger partial charge < -0.3 is 9.47 Å². The number of benzene rings is 2. The van der Waals surface area contributed by atoms with E-state index in [0.717, 1.165) is 32.4 Å². The van der Waals surface area contributed by atoms with E-state index in [1.165, 1.54) is 30.5 Å². The number of pyridine rings is 1. The summed E-state index contributed by atoms with van der Waals surface area (Å²) in [5.41, 5.74) is 0.293. The van der Waals surface area contributed by atoms with Crippen LogP contribution in [0.3, 0.4) is 0 Å². The Bertz CT molecular complexity index is 1330. The molecule has 1 aliphatic heterocycles. The van der Waals surface area contributed by atoms with Crippen molar-refractivity contribution in [2.75, 3.05) is 18.0 Å². The van der Waals surface area contributed by atoms with Crippen LogP contribution in [0.1, 0.15) is 33.1 Å². The number of rotatable bonds is 5. The molecule has 8 heteroatoms. The lowest BCUT2D eigenvalue weighted by Crippen LogP contribution is -2.33. The largest absolute Gasteiger partial charge is 0.369 e. The number of aryl methyl sites for hydroxylation is 1. The summed E-state index contributed by atoms with van der Waals surface area (Å²) in [7, 11) is -4.12. The van der Waals surface area contributed by atoms with E-state index < -0.39 is 21.1 Å². The maximum Gasteiger partial charge on any atom is 0.211 e. The average Bonchev–Trinajstić information content (AvgIpc) is 2.76. The lowest BCUT2D eigenvalue weighted by Gasteiger charge is -2.32. The molecule has 32 heavy (non-hydrogen) atoms. The maximum absolute atomic E-state index is 15.1. The van der Waals surface area contributed by atoms with Gasteiger partial charge in [-0.2, -0.15) is 0 Å². The fourth-order valence-electron chi connectivity index (χ4n) is 4.24. The number of fused-ring (bicyclic) bond motifs is 1. The molecule has 1 saturated heterocycles. The van der Waals surface area contributed by atoms with Crippen LogP contribution in [-0.2, 0) is 16.4 Å². The first-order valence-corrected chi connectivity index (χ1v) is 12.7. The zero-order valence-electron chi connectivity index (χ0n) is 18.1. The van der Waals surface area contributed by atoms with Crippen LogP contribution in [0.15, 0.2) is 57.2 Å². The van der Waals surface area contributed by atoms with Crippen LogP contribution in [-0.4, -0.2) is 26.1 Å². The number of nitrogens with zero attached hydrogens (tertiary/aromatic N) is 2. The van der Waals surface area contributed by atoms with E-state index in [4.69, 9.17) is 11.6 Å². The van der Waals surface area contributed by atoms with E-state index in [2.05, 4.69) is 6.92 Å². The number of piperidine rings is 1. The van der Waals surface area contributed by atoms with Gasteiger partial charge in [-0.15, -0.1) is 0 Å². The second-order valence-electron chi connectivity index (χ2n) is 8.47. The third kappa shape index (κ3) is 4.16. The Morgan fingerprint density at radius 2 is 1.88 bits per heavy atom. The van der Waals surface area contributed by atoms with Crippen molar-refractivity contribution in [1.29, 1.82) is 0 Å². The molecule has 0 saturated carbocycles. The molecule has 1 fully saturated rings. The molecule has 0 spiro atoms. The molecule has 2 aromatic carbocycles. The van der Waals surface area contributed by atoms with Crippen molar-refractivity contribution >= 4 is 38.0 Å². The van der Waals surface area contributed by atoms with Crippen LogP contribution in [0.4, 0.5) is 10.1 Å². The van der Waals surface area contributed by atoms with E-state index in [-0.39, 0.29) is 20.2 Å². The summed E-state index contributed by atoms with van der Waals surface area (Å²) >= 11 is 5.97. The minimum atomic E-state index is -4.12. The van der Waals surface area contributed by atoms with Crippen LogP contribution in [0.5, 0.6) is 0 Å². The van der Waals surface area contributed by atoms with Crippen LogP contribution in [0.2, 0.25) is 5.02 Å². The van der Waals surface area contributed by atoms with E-state index >= 15 is 4.39 Å². The molecule has 170 valence electrons. The molecule has 2 heterocycles. The van der Waals surface area contributed by atoms with Gasteiger partial charge in [-0.1, -0.05) is 31.5 Å². The summed E-state index contributed by atoms with van der Waals surface area (Å²) in [5, 5.41) is 0.320. The van der Waals surface area contributed by atoms with Gasteiger partial charge >= 0.3 is 0 Å². The van der Waals surface area contributed by atoms with Gasteiger partial charge in [0.05, 0.1) is 21.5 Å². The molecule has 4 rings (SSSR count). The molecular weight excluding hydrogens is 451 g/mol. The maximum atomic E-state index is 15.1. The molecule has 0 amide bonds. The Morgan fingerprint density at radius 3 is 2.53 bits per heavy atom. The normalized spacial score (nSPS) is 15.4. The van der Waals surface area contributed by atoms with Crippen LogP contribution < -0.4 is 10.3 Å². The van der Waals surface area contributed by atoms with Crippen molar-refractivity contribution in [3.8, 4) is 0 Å². The Kier molecular flexibility index (Phi) is 6.32. The number of hydrogen-bond donors (Lipinski definition) is 0. The molecule has 0 atom stereocenters. The topological polar surface area (TPSA) is 59.4 Å². The molecule has 1 aromatic heterocycles. The summed E-state index contributed by atoms with van der Waals surface area (Å²) in [6.07, 6.45) is 4.07. The van der Waals surface area contributed by atoms with Gasteiger partial charge in [0.2, 0.25) is 15.3 Å². The Labute approximate surface area is 192 Å². The first kappa shape index (κ1) is 22.8. The van der Waals surface area contributed by atoms with E-state index in [1.807, 2.05) is 11.8 Å². The monoisotopic (exact) mass is 476 g/mol. The Balaban J connectivity index is 1.92. The molecule has 0 bridgehead atoms. The molecular formula is C24H26ClFN2O3S. The summed E-state index contributed by atoms with van der Waals surface area (Å²) < 4.78 is 43.4. The van der Waals surface area contributed by atoms with E-state index in [9.17, 15) is 13.2 Å². The Hall–Kier alpha value is -2.38. The van der Waals surface area contributed by atoms with Gasteiger partial charge in [0.15, 0.2) is 0 Å². The van der Waals surface area contributed by atoms with Gasteiger partial charge in [-0.25, -0.2) is 12.8 Å². The highest BCUT2D eigenvalue weighted by Gasteiger charge is 2.26. The number of sulfone groups is 1. The fraction of sp³-hybridized carbons (Fsp3) is 0.375. The summed E-state index contributed by atoms with van der Waals surface area (Å²) in [6.45, 7) is 6.16. The minimum Gasteiger partial charge on any atom is -0.369 e. The molecule has 1 aliphatic rings. The lowest BCUT2D eigenvalue weighted by molar-refractivity contribution is 0.434. The third-order valence-electron chi connectivity index (χ3n) is 6.10. The van der Waals surface area contributed by atoms with Gasteiger partial charge in [0, 0.05) is 30.9 Å². The molecule has 0 N–H and O–H groups in total. The number of anilines is 1. The molecule has 5 nitrogen and oxygen atoms in total. The van der Waals surface area contributed by atoms with Crippen LogP contribution in [0, 0.1) is 11.7 Å². The predicted molar refractivity (Wildman–Crippen MR) is 126 cm³/mol. The second kappa shape index (κ2) is 8.87. The quantitative estimate of drug-likeness (QED) is 0.503. The van der Waals surface area contributed by atoms with Crippen molar-refractivity contribution in [2.45, 2.75) is 49.4 Å². The Morgan fingerprint density at radius 1 is 1.16 bits per heavy atom. The van der Waals surface area contributed by atoms with Gasteiger partial charge in [-0.05, 0) is 55.5 Å². The highest BCUT2D eigenvalue weighted by Crippen LogP contribution is 2.30. The van der Waals surface area contributed by atoms with Crippen LogP contribution in [0.25, 0.3) is 10.9 Å². The smallest absolute Gasteiger partial charge is 0.211 e. The second-order valence-corrected chi connectivity index (χ2v) is 10.8. The van der Waals surface area contributed by atoms with Crippen molar-refractivity contribution in [3.63, 3.8) is 0 Å². The highest BCUT2D eigenvalue weighted by atomic mass is 35.5. The lowest BCUT2D eigenvalue weighted by atomic mass is 9.98. The number of halogens is 2. The molecule has 0 unspecified atom stereocenters. The zero-order chi connectivity index (χ0) is 23.0. The van der Waals surface area contributed by atoms with Crippen molar-refractivity contribution in [2.24, 2.45) is 5.92 Å². The fourth-order valence-corrected chi connectivity index (χ4v) is 5.91. The van der Waals surface area contributed by atoms with Gasteiger partial charge in [0.25, 0.3) is 0 Å². The van der Waals surface area contributed by atoms with Crippen LogP contribution >= 0.6 is 11.6 Å². The van der Waals surface area contributed by atoms with Crippen molar-refractivity contribution < 1.29 is 12.8 Å². The minimum absolute atomic E-state index is 0.0631. The molecule has 3 aromatic rings. The average molecular weight is 477 g/mol. The van der Waals surface area contributed by atoms with Gasteiger partial charge in [0.1, 0.15) is 10.7 Å². The van der Waals surface area contributed by atoms with Crippen molar-refractivity contribution in [3.05, 3.63) is 63.7 Å². The highest BCUT2D eigenvalue weighted by molar-refractivity contribution is 7.91. The summed E-state index contributed by atoms with van der Waals surface area (Å²) in [4.78, 5) is 14.8. The van der Waals surface area contributed by atoms with Gasteiger partial charge in [-0.3, -0.25) is 4.79 Å². The summed E-state index contributed by atoms with van der Waals surface area (Å²) in [5.74, 6) is 0.0943. The molecule has 0 radical (unpaired) electrons. The molecule has 0 aliphatic carbocycles. The SMILES string of the molecule is CCCn1cc(S(=O)(=O)c2cccc(Cl)c2)c(=O)c2cc(F)c(N3CCC(C)CC3)cc21. The first-order chi connectivity index (χ1) is 15.2.